The summed E-state index contributed by atoms with van der Waals surface area (Å²) in [6, 6.07) is 5.47. The van der Waals surface area contributed by atoms with Crippen LogP contribution in [0.1, 0.15) is 30.1 Å². The van der Waals surface area contributed by atoms with Crippen LogP contribution in [-0.4, -0.2) is 43.1 Å². The maximum Gasteiger partial charge on any atom is 0.251 e. The molecule has 1 atom stereocenters. The van der Waals surface area contributed by atoms with Gasteiger partial charge >= 0.3 is 0 Å². The number of fused-ring (bicyclic) bond motifs is 3. The van der Waals surface area contributed by atoms with Crippen LogP contribution < -0.4 is 15.8 Å². The fourth-order valence-corrected chi connectivity index (χ4v) is 3.38. The lowest BCUT2D eigenvalue weighted by Crippen LogP contribution is -2.57. The summed E-state index contributed by atoms with van der Waals surface area (Å²) in [6.07, 6.45) is 2.37. The molecule has 5 heteroatoms. The van der Waals surface area contributed by atoms with Gasteiger partial charge in [0, 0.05) is 29.9 Å². The Morgan fingerprint density at radius 1 is 1.38 bits per heavy atom. The van der Waals surface area contributed by atoms with Gasteiger partial charge in [-0.15, -0.1) is 0 Å². The number of benzene rings is 1. The van der Waals surface area contributed by atoms with Gasteiger partial charge in [-0.2, -0.15) is 0 Å². The number of nitrogen functional groups attached to an aromatic ring is 1. The smallest absolute Gasteiger partial charge is 0.251 e. The summed E-state index contributed by atoms with van der Waals surface area (Å²) in [5.74, 6) is 1.21. The van der Waals surface area contributed by atoms with Crippen LogP contribution >= 0.6 is 0 Å². The second-order valence-corrected chi connectivity index (χ2v) is 5.94. The number of carbonyl (C=O) groups is 1. The zero-order valence-corrected chi connectivity index (χ0v) is 12.5. The van der Waals surface area contributed by atoms with Crippen LogP contribution in [0.4, 0.5) is 5.69 Å². The number of carbonyl (C=O) groups excluding carboxylic acids is 1. The van der Waals surface area contributed by atoms with Crippen molar-refractivity contribution in [2.24, 2.45) is 5.92 Å². The monoisotopic (exact) mass is 289 g/mol. The third-order valence-corrected chi connectivity index (χ3v) is 4.47. The Morgan fingerprint density at radius 2 is 2.14 bits per heavy atom. The van der Waals surface area contributed by atoms with Gasteiger partial charge in [0.15, 0.2) is 0 Å². The highest BCUT2D eigenvalue weighted by molar-refractivity contribution is 5.95. The summed E-state index contributed by atoms with van der Waals surface area (Å²) in [5.41, 5.74) is 6.99. The van der Waals surface area contributed by atoms with Gasteiger partial charge in [-0.05, 0) is 50.9 Å². The minimum absolute atomic E-state index is 0.0537. The van der Waals surface area contributed by atoms with E-state index in [1.807, 2.05) is 6.92 Å². The maximum atomic E-state index is 12.5. The molecule has 3 aliphatic heterocycles. The van der Waals surface area contributed by atoms with Gasteiger partial charge in [-0.25, -0.2) is 0 Å². The van der Waals surface area contributed by atoms with E-state index in [4.69, 9.17) is 10.5 Å². The SMILES string of the molecule is CCOc1cc(N)cc(C(=O)NC2CN3CCC2CC3)c1. The number of ether oxygens (including phenoxy) is 1. The van der Waals surface area contributed by atoms with Crippen LogP contribution in [0.3, 0.4) is 0 Å². The molecule has 0 spiro atoms. The number of nitrogens with two attached hydrogens (primary N) is 1. The van der Waals surface area contributed by atoms with E-state index in [9.17, 15) is 4.79 Å². The zero-order chi connectivity index (χ0) is 14.8. The first-order valence-electron chi connectivity index (χ1n) is 7.72. The zero-order valence-electron chi connectivity index (χ0n) is 12.5. The first kappa shape index (κ1) is 14.2. The lowest BCUT2D eigenvalue weighted by atomic mass is 9.84. The van der Waals surface area contributed by atoms with Crippen LogP contribution in [-0.2, 0) is 0 Å². The molecule has 0 saturated carbocycles. The molecule has 0 aliphatic carbocycles. The maximum absolute atomic E-state index is 12.5. The molecule has 0 aromatic heterocycles. The number of anilines is 1. The van der Waals surface area contributed by atoms with Gasteiger partial charge < -0.3 is 20.7 Å². The van der Waals surface area contributed by atoms with Crippen molar-refractivity contribution in [2.45, 2.75) is 25.8 Å². The number of nitrogens with zero attached hydrogens (tertiary/aromatic N) is 1. The molecule has 4 rings (SSSR count). The van der Waals surface area contributed by atoms with Gasteiger partial charge in [0.1, 0.15) is 5.75 Å². The van der Waals surface area contributed by atoms with Gasteiger partial charge in [0.25, 0.3) is 5.91 Å². The second-order valence-electron chi connectivity index (χ2n) is 5.94. The van der Waals surface area contributed by atoms with E-state index in [1.54, 1.807) is 18.2 Å². The molecule has 1 unspecified atom stereocenters. The summed E-state index contributed by atoms with van der Waals surface area (Å²) in [6.45, 7) is 5.78. The van der Waals surface area contributed by atoms with Crippen LogP contribution in [0.15, 0.2) is 18.2 Å². The van der Waals surface area contributed by atoms with Crippen molar-refractivity contribution in [3.05, 3.63) is 23.8 Å². The normalized spacial score (nSPS) is 27.4. The number of amides is 1. The Bertz CT molecular complexity index is 524. The predicted molar refractivity (Wildman–Crippen MR) is 82.4 cm³/mol. The molecule has 3 saturated heterocycles. The average molecular weight is 289 g/mol. The van der Waals surface area contributed by atoms with Crippen molar-refractivity contribution >= 4 is 11.6 Å². The highest BCUT2D eigenvalue weighted by Crippen LogP contribution is 2.28. The molecule has 1 amide bonds. The molecule has 3 fully saturated rings. The standard InChI is InChI=1S/C16H23N3O2/c1-2-21-14-8-12(7-13(17)9-14)16(20)18-15-10-19-5-3-11(15)4-6-19/h7-9,11,15H,2-6,10,17H2,1H3,(H,18,20). The molecule has 21 heavy (non-hydrogen) atoms. The minimum Gasteiger partial charge on any atom is -0.494 e. The Hall–Kier alpha value is -1.75. The van der Waals surface area contributed by atoms with E-state index < -0.39 is 0 Å². The van der Waals surface area contributed by atoms with Gasteiger partial charge in [-0.3, -0.25) is 4.79 Å². The van der Waals surface area contributed by atoms with Crippen LogP contribution in [0.5, 0.6) is 5.75 Å². The summed E-state index contributed by atoms with van der Waals surface area (Å²) >= 11 is 0. The highest BCUT2D eigenvalue weighted by Gasteiger charge is 2.34. The quantitative estimate of drug-likeness (QED) is 0.824. The highest BCUT2D eigenvalue weighted by atomic mass is 16.5. The van der Waals surface area contributed by atoms with E-state index in [-0.39, 0.29) is 11.9 Å². The lowest BCUT2D eigenvalue weighted by molar-refractivity contribution is 0.0620. The summed E-state index contributed by atoms with van der Waals surface area (Å²) in [4.78, 5) is 14.9. The fourth-order valence-electron chi connectivity index (χ4n) is 3.38. The molecule has 3 N–H and O–H groups in total. The average Bonchev–Trinajstić information content (AvgIpc) is 2.48. The Balaban J connectivity index is 1.70. The van der Waals surface area contributed by atoms with E-state index in [0.717, 1.165) is 6.54 Å². The van der Waals surface area contributed by atoms with E-state index in [2.05, 4.69) is 10.2 Å². The molecular weight excluding hydrogens is 266 g/mol. The van der Waals surface area contributed by atoms with Crippen LogP contribution in [0.2, 0.25) is 0 Å². The summed E-state index contributed by atoms with van der Waals surface area (Å²) < 4.78 is 5.45. The third-order valence-electron chi connectivity index (χ3n) is 4.47. The number of rotatable bonds is 4. The van der Waals surface area contributed by atoms with Crippen molar-refractivity contribution < 1.29 is 9.53 Å². The molecule has 1 aromatic carbocycles. The molecule has 1 aromatic rings. The summed E-state index contributed by atoms with van der Waals surface area (Å²) in [7, 11) is 0. The molecule has 0 radical (unpaired) electrons. The Labute approximate surface area is 125 Å². The lowest BCUT2D eigenvalue weighted by Gasteiger charge is -2.44. The predicted octanol–water partition coefficient (Wildman–Crippen LogP) is 1.49. The summed E-state index contributed by atoms with van der Waals surface area (Å²) in [5, 5.41) is 3.17. The Kier molecular flexibility index (Phi) is 4.01. The molecule has 3 heterocycles. The molecule has 3 aliphatic rings. The minimum atomic E-state index is -0.0537. The Morgan fingerprint density at radius 3 is 2.76 bits per heavy atom. The van der Waals surface area contributed by atoms with Crippen LogP contribution in [0.25, 0.3) is 0 Å². The van der Waals surface area contributed by atoms with Gasteiger partial charge in [0.2, 0.25) is 0 Å². The van der Waals surface area contributed by atoms with E-state index in [1.165, 1.54) is 25.9 Å². The molecule has 2 bridgehead atoms. The largest absolute Gasteiger partial charge is 0.494 e. The van der Waals surface area contributed by atoms with E-state index in [0.29, 0.717) is 29.5 Å². The van der Waals surface area contributed by atoms with Gasteiger partial charge in [-0.1, -0.05) is 0 Å². The second kappa shape index (κ2) is 5.93. The van der Waals surface area contributed by atoms with Crippen molar-refractivity contribution in [1.82, 2.24) is 10.2 Å². The van der Waals surface area contributed by atoms with Crippen molar-refractivity contribution in [3.63, 3.8) is 0 Å². The topological polar surface area (TPSA) is 67.6 Å². The number of nitrogens with one attached hydrogen (secondary N) is 1. The van der Waals surface area contributed by atoms with Crippen molar-refractivity contribution in [1.29, 1.82) is 0 Å². The van der Waals surface area contributed by atoms with Crippen molar-refractivity contribution in [3.8, 4) is 5.75 Å². The molecule has 5 nitrogen and oxygen atoms in total. The number of piperidine rings is 3. The van der Waals surface area contributed by atoms with Gasteiger partial charge in [0.05, 0.1) is 6.61 Å². The number of hydrogen-bond acceptors (Lipinski definition) is 4. The first-order valence-corrected chi connectivity index (χ1v) is 7.72. The van der Waals surface area contributed by atoms with Crippen molar-refractivity contribution in [2.75, 3.05) is 32.0 Å². The molecule has 114 valence electrons. The van der Waals surface area contributed by atoms with Crippen LogP contribution in [0, 0.1) is 5.92 Å². The fraction of sp³-hybridized carbons (Fsp3) is 0.562. The third kappa shape index (κ3) is 3.13. The van der Waals surface area contributed by atoms with E-state index >= 15 is 0 Å². The number of hydrogen-bond donors (Lipinski definition) is 2. The molecular formula is C16H23N3O2. The first-order chi connectivity index (χ1) is 10.2.